The number of para-hydroxylation sites is 1. The van der Waals surface area contributed by atoms with Crippen LogP contribution in [0, 0.1) is 0 Å². The van der Waals surface area contributed by atoms with Crippen LogP contribution in [0.15, 0.2) is 24.3 Å². The first kappa shape index (κ1) is 14.9. The molecule has 1 heterocycles. The fourth-order valence-electron chi connectivity index (χ4n) is 2.64. The molecule has 20 heavy (non-hydrogen) atoms. The summed E-state index contributed by atoms with van der Waals surface area (Å²) in [6, 6.07) is 7.43. The van der Waals surface area contributed by atoms with Gasteiger partial charge in [-0.1, -0.05) is 31.5 Å². The molecule has 4 heteroatoms. The Hall–Kier alpha value is -1.55. The highest BCUT2D eigenvalue weighted by Gasteiger charge is 2.44. The summed E-state index contributed by atoms with van der Waals surface area (Å²) in [5, 5.41) is 9.73. The molecular formula is C16H22O4. The Balaban J connectivity index is 2.13. The summed E-state index contributed by atoms with van der Waals surface area (Å²) in [6.45, 7) is 3.72. The lowest BCUT2D eigenvalue weighted by atomic mass is 9.73. The van der Waals surface area contributed by atoms with Crippen molar-refractivity contribution in [1.29, 1.82) is 0 Å². The van der Waals surface area contributed by atoms with E-state index in [1.807, 2.05) is 24.3 Å². The molecule has 4 nitrogen and oxygen atoms in total. The normalized spacial score (nSPS) is 21.1. The third-order valence-corrected chi connectivity index (χ3v) is 3.91. The van der Waals surface area contributed by atoms with Gasteiger partial charge in [0.05, 0.1) is 6.61 Å². The van der Waals surface area contributed by atoms with Crippen molar-refractivity contribution in [2.24, 2.45) is 0 Å². The van der Waals surface area contributed by atoms with Crippen LogP contribution < -0.4 is 4.74 Å². The number of fused-ring (bicyclic) bond motifs is 1. The zero-order valence-corrected chi connectivity index (χ0v) is 11.9. The van der Waals surface area contributed by atoms with Crippen LogP contribution in [-0.2, 0) is 14.9 Å². The first-order chi connectivity index (χ1) is 9.70. The zero-order chi connectivity index (χ0) is 14.4. The molecule has 0 amide bonds. The maximum Gasteiger partial charge on any atom is 0.314 e. The molecular weight excluding hydrogens is 256 g/mol. The maximum atomic E-state index is 11.8. The Labute approximate surface area is 119 Å². The van der Waals surface area contributed by atoms with Crippen LogP contribution in [0.3, 0.4) is 0 Å². The second-order valence-electron chi connectivity index (χ2n) is 5.20. The van der Waals surface area contributed by atoms with Crippen LogP contribution >= 0.6 is 0 Å². The Morgan fingerprint density at radius 3 is 2.95 bits per heavy atom. The number of benzene rings is 1. The molecule has 1 aliphatic rings. The Morgan fingerprint density at radius 1 is 1.40 bits per heavy atom. The summed E-state index contributed by atoms with van der Waals surface area (Å²) in [6.07, 6.45) is 3.09. The summed E-state index contributed by atoms with van der Waals surface area (Å²) >= 11 is 0. The predicted molar refractivity (Wildman–Crippen MR) is 76.2 cm³/mol. The molecule has 0 radical (unpaired) electrons. The van der Waals surface area contributed by atoms with Crippen molar-refractivity contribution in [2.45, 2.75) is 38.0 Å². The van der Waals surface area contributed by atoms with E-state index in [0.29, 0.717) is 38.4 Å². The van der Waals surface area contributed by atoms with Crippen LogP contribution in [0.25, 0.3) is 0 Å². The molecule has 0 fully saturated rings. The topological polar surface area (TPSA) is 55.8 Å². The van der Waals surface area contributed by atoms with Gasteiger partial charge in [-0.05, 0) is 18.9 Å². The van der Waals surface area contributed by atoms with Crippen LogP contribution in [0.4, 0.5) is 0 Å². The van der Waals surface area contributed by atoms with E-state index >= 15 is 0 Å². The van der Waals surface area contributed by atoms with Crippen molar-refractivity contribution >= 4 is 5.97 Å². The van der Waals surface area contributed by atoms with Crippen molar-refractivity contribution in [3.8, 4) is 5.75 Å². The van der Waals surface area contributed by atoms with E-state index in [1.54, 1.807) is 0 Å². The smallest absolute Gasteiger partial charge is 0.314 e. The molecule has 1 aliphatic heterocycles. The molecule has 0 aliphatic carbocycles. The highest BCUT2D eigenvalue weighted by Crippen LogP contribution is 2.41. The quantitative estimate of drug-likeness (QED) is 0.779. The van der Waals surface area contributed by atoms with Crippen LogP contribution in [-0.4, -0.2) is 30.9 Å². The summed E-state index contributed by atoms with van der Waals surface area (Å²) < 4.78 is 11.1. The second-order valence-corrected chi connectivity index (χ2v) is 5.20. The van der Waals surface area contributed by atoms with Gasteiger partial charge in [0.25, 0.3) is 0 Å². The minimum atomic E-state index is -0.874. The lowest BCUT2D eigenvalue weighted by Gasteiger charge is -2.35. The van der Waals surface area contributed by atoms with E-state index in [-0.39, 0.29) is 0 Å². The summed E-state index contributed by atoms with van der Waals surface area (Å²) in [5.74, 6) is -0.0953. The van der Waals surface area contributed by atoms with Crippen molar-refractivity contribution in [3.63, 3.8) is 0 Å². The van der Waals surface area contributed by atoms with Gasteiger partial charge in [-0.2, -0.15) is 0 Å². The summed E-state index contributed by atoms with van der Waals surface area (Å²) in [4.78, 5) is 11.8. The van der Waals surface area contributed by atoms with E-state index in [2.05, 4.69) is 6.92 Å². The predicted octanol–water partition coefficient (Wildman–Crippen LogP) is 3.00. The van der Waals surface area contributed by atoms with Crippen molar-refractivity contribution in [1.82, 2.24) is 0 Å². The van der Waals surface area contributed by atoms with Gasteiger partial charge < -0.3 is 14.6 Å². The molecule has 0 saturated heterocycles. The van der Waals surface area contributed by atoms with Gasteiger partial charge in [-0.15, -0.1) is 0 Å². The van der Waals surface area contributed by atoms with Crippen LogP contribution in [0.1, 0.15) is 38.2 Å². The lowest BCUT2D eigenvalue weighted by molar-refractivity contribution is -0.146. The van der Waals surface area contributed by atoms with Crippen LogP contribution in [0.2, 0.25) is 0 Å². The number of carboxylic acids is 1. The molecule has 0 saturated carbocycles. The average Bonchev–Trinajstić information content (AvgIpc) is 2.47. The highest BCUT2D eigenvalue weighted by atomic mass is 16.5. The largest absolute Gasteiger partial charge is 0.493 e. The number of aliphatic carboxylic acids is 1. The van der Waals surface area contributed by atoms with Gasteiger partial charge in [0.2, 0.25) is 0 Å². The minimum absolute atomic E-state index is 0.443. The standard InChI is InChI=1S/C16H22O4/c1-2-3-10-19-11-8-16(15(17)18)9-12-20-14-7-5-4-6-13(14)16/h4-7H,2-3,8-12H2,1H3,(H,17,18). The van der Waals surface area contributed by atoms with Gasteiger partial charge in [0, 0.05) is 25.2 Å². The minimum Gasteiger partial charge on any atom is -0.493 e. The molecule has 0 bridgehead atoms. The Morgan fingerprint density at radius 2 is 2.20 bits per heavy atom. The molecule has 1 aromatic carbocycles. The molecule has 1 aromatic rings. The van der Waals surface area contributed by atoms with E-state index in [0.717, 1.165) is 18.4 Å². The number of rotatable bonds is 7. The molecule has 2 rings (SSSR count). The van der Waals surface area contributed by atoms with Gasteiger partial charge in [-0.3, -0.25) is 4.79 Å². The fraction of sp³-hybridized carbons (Fsp3) is 0.562. The molecule has 1 unspecified atom stereocenters. The Bertz CT molecular complexity index is 458. The molecule has 0 spiro atoms. The Kier molecular flexibility index (Phi) is 5.01. The number of ether oxygens (including phenoxy) is 2. The summed E-state index contributed by atoms with van der Waals surface area (Å²) in [7, 11) is 0. The van der Waals surface area contributed by atoms with Gasteiger partial charge in [0.1, 0.15) is 11.2 Å². The molecule has 1 atom stereocenters. The van der Waals surface area contributed by atoms with E-state index in [9.17, 15) is 9.90 Å². The molecule has 110 valence electrons. The SMILES string of the molecule is CCCCOCCC1(C(=O)O)CCOc2ccccc21. The lowest BCUT2D eigenvalue weighted by Crippen LogP contribution is -2.41. The van der Waals surface area contributed by atoms with Crippen molar-refractivity contribution in [2.75, 3.05) is 19.8 Å². The second kappa shape index (κ2) is 6.75. The van der Waals surface area contributed by atoms with E-state index in [4.69, 9.17) is 9.47 Å². The monoisotopic (exact) mass is 278 g/mol. The number of hydrogen-bond donors (Lipinski definition) is 1. The maximum absolute atomic E-state index is 11.8. The molecule has 0 aromatic heterocycles. The third kappa shape index (κ3) is 2.96. The number of carbonyl (C=O) groups is 1. The highest BCUT2D eigenvalue weighted by molar-refractivity contribution is 5.83. The van der Waals surface area contributed by atoms with Crippen molar-refractivity contribution < 1.29 is 19.4 Å². The third-order valence-electron chi connectivity index (χ3n) is 3.91. The fourth-order valence-corrected chi connectivity index (χ4v) is 2.64. The average molecular weight is 278 g/mol. The first-order valence-corrected chi connectivity index (χ1v) is 7.24. The number of unbranched alkanes of at least 4 members (excludes halogenated alkanes) is 1. The van der Waals surface area contributed by atoms with E-state index < -0.39 is 11.4 Å². The van der Waals surface area contributed by atoms with E-state index in [1.165, 1.54) is 0 Å². The van der Waals surface area contributed by atoms with Gasteiger partial charge in [-0.25, -0.2) is 0 Å². The first-order valence-electron chi connectivity index (χ1n) is 7.24. The zero-order valence-electron chi connectivity index (χ0n) is 11.9. The van der Waals surface area contributed by atoms with Crippen molar-refractivity contribution in [3.05, 3.63) is 29.8 Å². The van der Waals surface area contributed by atoms with Crippen LogP contribution in [0.5, 0.6) is 5.75 Å². The van der Waals surface area contributed by atoms with Gasteiger partial charge >= 0.3 is 5.97 Å². The number of carboxylic acid groups (broad SMARTS) is 1. The van der Waals surface area contributed by atoms with Gasteiger partial charge in [0.15, 0.2) is 0 Å². The molecule has 1 N–H and O–H groups in total. The summed E-state index contributed by atoms with van der Waals surface area (Å²) in [5.41, 5.74) is -0.0982. The number of hydrogen-bond acceptors (Lipinski definition) is 3.